The molecule has 0 aliphatic carbocycles. The summed E-state index contributed by atoms with van der Waals surface area (Å²) in [5.74, 6) is -0.549. The van der Waals surface area contributed by atoms with E-state index < -0.39 is 17.7 Å². The van der Waals surface area contributed by atoms with Crippen molar-refractivity contribution in [3.63, 3.8) is 0 Å². The Kier molecular flexibility index (Phi) is 5.95. The lowest BCUT2D eigenvalue weighted by Gasteiger charge is -2.49. The average Bonchev–Trinajstić information content (AvgIpc) is 3.35. The number of nitrogens with one attached hydrogen (secondary N) is 1. The highest BCUT2D eigenvalue weighted by Gasteiger charge is 2.43. The molecule has 3 atom stereocenters. The number of hydrogen-bond acceptors (Lipinski definition) is 4. The molecule has 0 bridgehead atoms. The van der Waals surface area contributed by atoms with Crippen molar-refractivity contribution in [1.82, 2.24) is 5.32 Å². The highest BCUT2D eigenvalue weighted by Crippen LogP contribution is 2.40. The molecule has 33 heavy (non-hydrogen) atoms. The molecule has 8 heteroatoms. The van der Waals surface area contributed by atoms with Crippen molar-refractivity contribution in [2.45, 2.75) is 37.6 Å². The van der Waals surface area contributed by atoms with E-state index in [1.807, 2.05) is 18.2 Å². The maximum Gasteiger partial charge on any atom is 0.416 e. The SMILES string of the molecule is O=C(NCC1CCCO1)C1Cc2cc(C(F)(F)F)ccc2N2CCN(c3ccccc3)CC12. The van der Waals surface area contributed by atoms with Crippen molar-refractivity contribution in [1.29, 1.82) is 0 Å². The molecule has 0 aromatic heterocycles. The third-order valence-electron chi connectivity index (χ3n) is 7.03. The van der Waals surface area contributed by atoms with Gasteiger partial charge >= 0.3 is 6.18 Å². The van der Waals surface area contributed by atoms with Gasteiger partial charge in [0, 0.05) is 44.2 Å². The number of rotatable bonds is 4. The summed E-state index contributed by atoms with van der Waals surface area (Å²) in [5.41, 5.74) is 1.82. The number of fused-ring (bicyclic) bond motifs is 3. The fourth-order valence-corrected chi connectivity index (χ4v) is 5.32. The van der Waals surface area contributed by atoms with Crippen LogP contribution in [0.15, 0.2) is 48.5 Å². The van der Waals surface area contributed by atoms with Crippen molar-refractivity contribution >= 4 is 17.3 Å². The summed E-state index contributed by atoms with van der Waals surface area (Å²) in [5, 5.41) is 3.03. The lowest BCUT2D eigenvalue weighted by Crippen LogP contribution is -2.61. The van der Waals surface area contributed by atoms with Crippen LogP contribution in [0, 0.1) is 5.92 Å². The molecular formula is C25H28F3N3O2. The number of amides is 1. The zero-order chi connectivity index (χ0) is 23.0. The van der Waals surface area contributed by atoms with Crippen molar-refractivity contribution in [3.8, 4) is 0 Å². The number of alkyl halides is 3. The zero-order valence-electron chi connectivity index (χ0n) is 18.4. The average molecular weight is 460 g/mol. The van der Waals surface area contributed by atoms with Crippen LogP contribution in [-0.4, -0.2) is 50.8 Å². The largest absolute Gasteiger partial charge is 0.416 e. The van der Waals surface area contributed by atoms with Crippen molar-refractivity contribution in [2.75, 3.05) is 42.6 Å². The fraction of sp³-hybridized carbons (Fsp3) is 0.480. The van der Waals surface area contributed by atoms with Crippen LogP contribution in [0.5, 0.6) is 0 Å². The van der Waals surface area contributed by atoms with E-state index in [9.17, 15) is 18.0 Å². The van der Waals surface area contributed by atoms with Crippen LogP contribution in [0.25, 0.3) is 0 Å². The van der Waals surface area contributed by atoms with Gasteiger partial charge in [0.2, 0.25) is 5.91 Å². The molecule has 3 heterocycles. The van der Waals surface area contributed by atoms with Crippen LogP contribution in [0.3, 0.4) is 0 Å². The van der Waals surface area contributed by atoms with Gasteiger partial charge in [0.15, 0.2) is 0 Å². The van der Waals surface area contributed by atoms with Crippen LogP contribution in [-0.2, 0) is 22.1 Å². The summed E-state index contributed by atoms with van der Waals surface area (Å²) in [6, 6.07) is 13.9. The minimum absolute atomic E-state index is 0.0185. The Balaban J connectivity index is 1.42. The minimum Gasteiger partial charge on any atom is -0.376 e. The molecule has 2 fully saturated rings. The maximum atomic E-state index is 13.4. The van der Waals surface area contributed by atoms with Gasteiger partial charge in [0.05, 0.1) is 23.6 Å². The van der Waals surface area contributed by atoms with Gasteiger partial charge in [-0.3, -0.25) is 4.79 Å². The first-order valence-electron chi connectivity index (χ1n) is 11.6. The molecule has 3 aliphatic heterocycles. The number of halogens is 3. The van der Waals surface area contributed by atoms with E-state index in [0.717, 1.165) is 36.8 Å². The van der Waals surface area contributed by atoms with E-state index in [1.54, 1.807) is 6.07 Å². The first kappa shape index (κ1) is 22.1. The summed E-state index contributed by atoms with van der Waals surface area (Å²) in [7, 11) is 0. The second kappa shape index (κ2) is 8.89. The van der Waals surface area contributed by atoms with Gasteiger partial charge in [0.25, 0.3) is 0 Å². The van der Waals surface area contributed by atoms with Gasteiger partial charge in [-0.1, -0.05) is 18.2 Å². The molecule has 2 aromatic carbocycles. The normalized spacial score (nSPS) is 24.9. The van der Waals surface area contributed by atoms with E-state index in [0.29, 0.717) is 38.2 Å². The summed E-state index contributed by atoms with van der Waals surface area (Å²) < 4.78 is 45.7. The molecule has 1 amide bonds. The van der Waals surface area contributed by atoms with Gasteiger partial charge in [-0.05, 0) is 55.2 Å². The number of carbonyl (C=O) groups is 1. The molecule has 3 aliphatic rings. The molecule has 5 rings (SSSR count). The Bertz CT molecular complexity index is 992. The second-order valence-electron chi connectivity index (χ2n) is 9.07. The number of benzene rings is 2. The Morgan fingerprint density at radius 2 is 1.94 bits per heavy atom. The van der Waals surface area contributed by atoms with Crippen molar-refractivity contribution in [3.05, 3.63) is 59.7 Å². The molecule has 2 aromatic rings. The number of carbonyl (C=O) groups excluding carboxylic acids is 1. The fourth-order valence-electron chi connectivity index (χ4n) is 5.32. The standard InChI is InChI=1S/C25H28F3N3O2/c26-25(27,28)18-8-9-22-17(13-18)14-21(24(32)29-15-20-7-4-12-33-20)23-16-30(10-11-31(22)23)19-5-2-1-3-6-19/h1-3,5-6,8-9,13,20-21,23H,4,7,10-12,14-16H2,(H,29,32). The van der Waals surface area contributed by atoms with Gasteiger partial charge in [-0.2, -0.15) is 13.2 Å². The molecule has 0 saturated carbocycles. The number of hydrogen-bond donors (Lipinski definition) is 1. The highest BCUT2D eigenvalue weighted by molar-refractivity contribution is 5.82. The predicted octanol–water partition coefficient (Wildman–Crippen LogP) is 3.87. The summed E-state index contributed by atoms with van der Waals surface area (Å²) >= 11 is 0. The topological polar surface area (TPSA) is 44.8 Å². The lowest BCUT2D eigenvalue weighted by molar-refractivity contribution is -0.137. The number of piperazine rings is 1. The smallest absolute Gasteiger partial charge is 0.376 e. The van der Waals surface area contributed by atoms with Crippen molar-refractivity contribution < 1.29 is 22.7 Å². The molecule has 3 unspecified atom stereocenters. The Hall–Kier alpha value is -2.74. The van der Waals surface area contributed by atoms with Crippen LogP contribution in [0.1, 0.15) is 24.0 Å². The van der Waals surface area contributed by atoms with E-state index in [4.69, 9.17) is 4.74 Å². The molecule has 176 valence electrons. The molecule has 5 nitrogen and oxygen atoms in total. The maximum absolute atomic E-state index is 13.4. The molecule has 1 N–H and O–H groups in total. The van der Waals surface area contributed by atoms with Crippen LogP contribution >= 0.6 is 0 Å². The van der Waals surface area contributed by atoms with Gasteiger partial charge < -0.3 is 19.9 Å². The molecule has 0 spiro atoms. The highest BCUT2D eigenvalue weighted by atomic mass is 19.4. The van der Waals surface area contributed by atoms with E-state index >= 15 is 0 Å². The van der Waals surface area contributed by atoms with Crippen LogP contribution in [0.4, 0.5) is 24.5 Å². The third-order valence-corrected chi connectivity index (χ3v) is 7.03. The van der Waals surface area contributed by atoms with Gasteiger partial charge in [-0.15, -0.1) is 0 Å². The van der Waals surface area contributed by atoms with E-state index in [1.165, 1.54) is 6.07 Å². The third kappa shape index (κ3) is 4.53. The Morgan fingerprint density at radius 3 is 2.67 bits per heavy atom. The number of anilines is 2. The number of ether oxygens (including phenoxy) is 1. The van der Waals surface area contributed by atoms with Gasteiger partial charge in [-0.25, -0.2) is 0 Å². The Morgan fingerprint density at radius 1 is 1.12 bits per heavy atom. The second-order valence-corrected chi connectivity index (χ2v) is 9.07. The molecule has 2 saturated heterocycles. The van der Waals surface area contributed by atoms with Crippen molar-refractivity contribution in [2.24, 2.45) is 5.92 Å². The van der Waals surface area contributed by atoms with E-state index in [-0.39, 0.29) is 18.1 Å². The first-order chi connectivity index (χ1) is 15.9. The minimum atomic E-state index is -4.41. The number of para-hydroxylation sites is 1. The molecule has 0 radical (unpaired) electrons. The Labute approximate surface area is 191 Å². The summed E-state index contributed by atoms with van der Waals surface area (Å²) in [6.45, 7) is 3.18. The first-order valence-corrected chi connectivity index (χ1v) is 11.6. The van der Waals surface area contributed by atoms with Gasteiger partial charge in [0.1, 0.15) is 0 Å². The zero-order valence-corrected chi connectivity index (χ0v) is 18.4. The summed E-state index contributed by atoms with van der Waals surface area (Å²) in [6.07, 6.45) is -2.19. The number of nitrogens with zero attached hydrogens (tertiary/aromatic N) is 2. The lowest BCUT2D eigenvalue weighted by atomic mass is 9.82. The monoisotopic (exact) mass is 459 g/mol. The van der Waals surface area contributed by atoms with Crippen LogP contribution in [0.2, 0.25) is 0 Å². The summed E-state index contributed by atoms with van der Waals surface area (Å²) in [4.78, 5) is 17.7. The predicted molar refractivity (Wildman–Crippen MR) is 120 cm³/mol. The van der Waals surface area contributed by atoms with E-state index in [2.05, 4.69) is 27.2 Å². The van der Waals surface area contributed by atoms with Crippen LogP contribution < -0.4 is 15.1 Å². The quantitative estimate of drug-likeness (QED) is 0.754. The molecular weight excluding hydrogens is 431 g/mol.